The Morgan fingerprint density at radius 1 is 1.21 bits per heavy atom. The van der Waals surface area contributed by atoms with Crippen molar-refractivity contribution in [1.29, 1.82) is 0 Å². The second-order valence-electron chi connectivity index (χ2n) is 7.41. The summed E-state index contributed by atoms with van der Waals surface area (Å²) in [5.74, 6) is -1.33. The highest BCUT2D eigenvalue weighted by molar-refractivity contribution is 7.21. The summed E-state index contributed by atoms with van der Waals surface area (Å²) in [6, 6.07) is 9.57. The van der Waals surface area contributed by atoms with Crippen molar-refractivity contribution < 1.29 is 18.7 Å². The highest BCUT2D eigenvalue weighted by Gasteiger charge is 2.22. The fraction of sp³-hybridized carbons (Fsp3) is 0.217. The van der Waals surface area contributed by atoms with E-state index in [4.69, 9.17) is 9.72 Å². The standard InChI is InChI=1S/C23H21FN4O3S2/c1-28(13-19-25-8-9-32-19)12-16-6-7-17-20(21(23(30)31-2)33-22(17)26-16)27-18(29)11-14-4-3-5-15(24)10-14/h3-10H,11-13H2,1-2H3,(H,27,29). The molecule has 33 heavy (non-hydrogen) atoms. The average Bonchev–Trinajstić information content (AvgIpc) is 3.41. The number of amides is 1. The fourth-order valence-electron chi connectivity index (χ4n) is 3.38. The predicted octanol–water partition coefficient (Wildman–Crippen LogP) is 4.49. The zero-order valence-electron chi connectivity index (χ0n) is 18.0. The molecule has 0 bridgehead atoms. The molecule has 0 fully saturated rings. The van der Waals surface area contributed by atoms with Gasteiger partial charge in [-0.3, -0.25) is 9.69 Å². The van der Waals surface area contributed by atoms with Crippen LogP contribution in [0.1, 0.15) is 25.9 Å². The van der Waals surface area contributed by atoms with Crippen molar-refractivity contribution in [2.75, 3.05) is 19.5 Å². The number of nitrogens with one attached hydrogen (secondary N) is 1. The Hall–Kier alpha value is -3.21. The summed E-state index contributed by atoms with van der Waals surface area (Å²) in [5, 5.41) is 6.41. The van der Waals surface area contributed by atoms with Gasteiger partial charge in [0.25, 0.3) is 0 Å². The average molecular weight is 485 g/mol. The Kier molecular flexibility index (Phi) is 7.07. The van der Waals surface area contributed by atoms with Crippen molar-refractivity contribution in [2.45, 2.75) is 19.5 Å². The molecule has 1 amide bonds. The van der Waals surface area contributed by atoms with E-state index in [2.05, 4.69) is 15.2 Å². The van der Waals surface area contributed by atoms with Gasteiger partial charge in [-0.15, -0.1) is 22.7 Å². The molecule has 170 valence electrons. The number of rotatable bonds is 8. The monoisotopic (exact) mass is 484 g/mol. The zero-order valence-corrected chi connectivity index (χ0v) is 19.6. The molecular formula is C23H21FN4O3S2. The van der Waals surface area contributed by atoms with Gasteiger partial charge in [-0.2, -0.15) is 0 Å². The lowest BCUT2D eigenvalue weighted by atomic mass is 10.1. The van der Waals surface area contributed by atoms with Crippen LogP contribution in [-0.2, 0) is 29.0 Å². The number of fused-ring (bicyclic) bond motifs is 1. The maximum absolute atomic E-state index is 13.4. The number of aromatic nitrogens is 2. The molecule has 0 saturated heterocycles. The van der Waals surface area contributed by atoms with Crippen LogP contribution < -0.4 is 5.32 Å². The van der Waals surface area contributed by atoms with Gasteiger partial charge < -0.3 is 10.1 Å². The lowest BCUT2D eigenvalue weighted by molar-refractivity contribution is -0.115. The van der Waals surface area contributed by atoms with Crippen LogP contribution in [0.3, 0.4) is 0 Å². The molecule has 4 rings (SSSR count). The van der Waals surface area contributed by atoms with E-state index in [1.54, 1.807) is 29.7 Å². The molecule has 0 unspecified atom stereocenters. The molecule has 4 aromatic rings. The molecule has 0 atom stereocenters. The van der Waals surface area contributed by atoms with Gasteiger partial charge in [0.15, 0.2) is 0 Å². The number of thiazole rings is 1. The number of hydrogen-bond donors (Lipinski definition) is 1. The van der Waals surface area contributed by atoms with Crippen LogP contribution in [0, 0.1) is 5.82 Å². The molecule has 10 heteroatoms. The van der Waals surface area contributed by atoms with Gasteiger partial charge in [0.05, 0.1) is 31.5 Å². The quantitative estimate of drug-likeness (QED) is 0.371. The van der Waals surface area contributed by atoms with Crippen LogP contribution in [0.15, 0.2) is 48.0 Å². The molecule has 7 nitrogen and oxygen atoms in total. The van der Waals surface area contributed by atoms with E-state index >= 15 is 0 Å². The lowest BCUT2D eigenvalue weighted by Crippen LogP contribution is -2.18. The zero-order chi connectivity index (χ0) is 23.4. The van der Waals surface area contributed by atoms with Crippen LogP contribution >= 0.6 is 22.7 Å². The normalized spacial score (nSPS) is 11.2. The fourth-order valence-corrected chi connectivity index (χ4v) is 5.14. The third kappa shape index (κ3) is 5.59. The molecule has 3 heterocycles. The summed E-state index contributed by atoms with van der Waals surface area (Å²) in [6.07, 6.45) is 1.75. The number of benzene rings is 1. The summed E-state index contributed by atoms with van der Waals surface area (Å²) in [7, 11) is 3.27. The SMILES string of the molecule is COC(=O)c1sc2nc(CN(C)Cc3nccs3)ccc2c1NC(=O)Cc1cccc(F)c1. The van der Waals surface area contributed by atoms with Crippen molar-refractivity contribution in [1.82, 2.24) is 14.9 Å². The van der Waals surface area contributed by atoms with Gasteiger partial charge in [-0.25, -0.2) is 19.2 Å². The second-order valence-corrected chi connectivity index (χ2v) is 9.38. The smallest absolute Gasteiger partial charge is 0.350 e. The molecule has 1 aromatic carbocycles. The molecule has 0 aliphatic carbocycles. The van der Waals surface area contributed by atoms with Gasteiger partial charge in [-0.1, -0.05) is 12.1 Å². The topological polar surface area (TPSA) is 84.4 Å². The van der Waals surface area contributed by atoms with Gasteiger partial charge in [0, 0.05) is 23.5 Å². The largest absolute Gasteiger partial charge is 0.465 e. The number of esters is 1. The maximum atomic E-state index is 13.4. The number of hydrogen-bond acceptors (Lipinski definition) is 8. The minimum absolute atomic E-state index is 0.0250. The summed E-state index contributed by atoms with van der Waals surface area (Å²) < 4.78 is 18.4. The van der Waals surface area contributed by atoms with E-state index in [1.807, 2.05) is 24.6 Å². The number of ether oxygens (including phenoxy) is 1. The van der Waals surface area contributed by atoms with Gasteiger partial charge in [0.1, 0.15) is 20.5 Å². The number of thiophene rings is 1. The molecule has 0 spiro atoms. The lowest BCUT2D eigenvalue weighted by Gasteiger charge is -2.14. The number of methoxy groups -OCH3 is 1. The van der Waals surface area contributed by atoms with E-state index in [0.717, 1.165) is 22.0 Å². The summed E-state index contributed by atoms with van der Waals surface area (Å²) in [5.41, 5.74) is 1.73. The first-order valence-corrected chi connectivity index (χ1v) is 11.7. The highest BCUT2D eigenvalue weighted by atomic mass is 32.1. The van der Waals surface area contributed by atoms with E-state index in [-0.39, 0.29) is 17.2 Å². The first kappa shape index (κ1) is 23.0. The number of anilines is 1. The van der Waals surface area contributed by atoms with Crippen molar-refractivity contribution in [3.63, 3.8) is 0 Å². The number of pyridine rings is 1. The second kappa shape index (κ2) is 10.2. The third-order valence-electron chi connectivity index (χ3n) is 4.82. The number of nitrogens with zero attached hydrogens (tertiary/aromatic N) is 3. The summed E-state index contributed by atoms with van der Waals surface area (Å²) in [4.78, 5) is 37.0. The first-order valence-electron chi connectivity index (χ1n) is 10.0. The van der Waals surface area contributed by atoms with Crippen molar-refractivity contribution in [3.8, 4) is 0 Å². The molecular weight excluding hydrogens is 463 g/mol. The van der Waals surface area contributed by atoms with Crippen molar-refractivity contribution in [3.05, 3.63) is 74.9 Å². The van der Waals surface area contributed by atoms with Crippen LogP contribution in [0.25, 0.3) is 10.2 Å². The van der Waals surface area contributed by atoms with Gasteiger partial charge >= 0.3 is 5.97 Å². The molecule has 1 N–H and O–H groups in total. The minimum Gasteiger partial charge on any atom is -0.465 e. The van der Waals surface area contributed by atoms with E-state index < -0.39 is 11.8 Å². The Morgan fingerprint density at radius 3 is 2.79 bits per heavy atom. The van der Waals surface area contributed by atoms with Crippen LogP contribution in [0.5, 0.6) is 0 Å². The molecule has 0 radical (unpaired) electrons. The first-order chi connectivity index (χ1) is 15.9. The molecule has 0 aliphatic heterocycles. The number of carbonyl (C=O) groups excluding carboxylic acids is 2. The van der Waals surface area contributed by atoms with E-state index in [0.29, 0.717) is 34.6 Å². The van der Waals surface area contributed by atoms with E-state index in [1.165, 1.54) is 19.2 Å². The van der Waals surface area contributed by atoms with Crippen molar-refractivity contribution >= 4 is 50.5 Å². The van der Waals surface area contributed by atoms with Crippen LogP contribution in [0.4, 0.5) is 10.1 Å². The van der Waals surface area contributed by atoms with Crippen LogP contribution in [0.2, 0.25) is 0 Å². The minimum atomic E-state index is -0.554. The Labute approximate surface area is 197 Å². The molecule has 0 saturated carbocycles. The molecule has 0 aliphatic rings. The number of halogens is 1. The van der Waals surface area contributed by atoms with Crippen LogP contribution in [-0.4, -0.2) is 40.9 Å². The Balaban J connectivity index is 1.56. The summed E-state index contributed by atoms with van der Waals surface area (Å²) >= 11 is 2.76. The highest BCUT2D eigenvalue weighted by Crippen LogP contribution is 2.35. The van der Waals surface area contributed by atoms with Gasteiger partial charge in [-0.05, 0) is 36.9 Å². The van der Waals surface area contributed by atoms with Crippen molar-refractivity contribution in [2.24, 2.45) is 0 Å². The van der Waals surface area contributed by atoms with E-state index in [9.17, 15) is 14.0 Å². The predicted molar refractivity (Wildman–Crippen MR) is 127 cm³/mol. The summed E-state index contributed by atoms with van der Waals surface area (Å²) in [6.45, 7) is 1.30. The Bertz CT molecular complexity index is 1290. The van der Waals surface area contributed by atoms with Gasteiger partial charge in [0.2, 0.25) is 5.91 Å². The third-order valence-corrected chi connectivity index (χ3v) is 6.67. The number of carbonyl (C=O) groups is 2. The molecule has 3 aromatic heterocycles. The Morgan fingerprint density at radius 2 is 2.06 bits per heavy atom. The maximum Gasteiger partial charge on any atom is 0.350 e.